The molecule has 0 aliphatic carbocycles. The average molecular weight is 218 g/mol. The number of rotatable bonds is 4. The highest BCUT2D eigenvalue weighted by molar-refractivity contribution is 6.27. The molecule has 2 unspecified atom stereocenters. The van der Waals surface area contributed by atoms with Crippen LogP contribution >= 0.6 is 11.6 Å². The second-order valence-electron chi connectivity index (χ2n) is 3.62. The second kappa shape index (κ2) is 5.37. The molecule has 3 nitrogen and oxygen atoms in total. The minimum absolute atomic E-state index is 0.0192. The number of carbonyl (C=O) groups is 1. The zero-order valence-electron chi connectivity index (χ0n) is 8.38. The van der Waals surface area contributed by atoms with Crippen LogP contribution in [0.25, 0.3) is 0 Å². The van der Waals surface area contributed by atoms with Gasteiger partial charge in [-0.3, -0.25) is 4.79 Å². The standard InChI is InChI=1S/C10H16ClNO2/c1-7(2)10-8(3-4-14-10)6-12-9(13)5-11/h8,10H,1,3-6H2,2H3,(H,12,13). The van der Waals surface area contributed by atoms with Gasteiger partial charge in [0.15, 0.2) is 0 Å². The minimum atomic E-state index is -0.126. The molecule has 0 radical (unpaired) electrons. The molecule has 0 aromatic rings. The Labute approximate surface area is 89.5 Å². The molecular weight excluding hydrogens is 202 g/mol. The van der Waals surface area contributed by atoms with Gasteiger partial charge in [-0.1, -0.05) is 12.2 Å². The van der Waals surface area contributed by atoms with Gasteiger partial charge in [0.1, 0.15) is 5.88 Å². The zero-order chi connectivity index (χ0) is 10.6. The maximum atomic E-state index is 10.9. The molecule has 80 valence electrons. The van der Waals surface area contributed by atoms with Gasteiger partial charge in [-0.2, -0.15) is 0 Å². The van der Waals surface area contributed by atoms with Gasteiger partial charge in [-0.25, -0.2) is 0 Å². The van der Waals surface area contributed by atoms with E-state index in [-0.39, 0.29) is 17.9 Å². The lowest BCUT2D eigenvalue weighted by atomic mass is 9.97. The lowest BCUT2D eigenvalue weighted by Gasteiger charge is -2.18. The maximum Gasteiger partial charge on any atom is 0.234 e. The van der Waals surface area contributed by atoms with Gasteiger partial charge in [-0.15, -0.1) is 11.6 Å². The van der Waals surface area contributed by atoms with E-state index in [1.54, 1.807) is 0 Å². The smallest absolute Gasteiger partial charge is 0.234 e. The van der Waals surface area contributed by atoms with E-state index in [4.69, 9.17) is 16.3 Å². The molecule has 1 aliphatic heterocycles. The Morgan fingerprint density at radius 2 is 2.43 bits per heavy atom. The van der Waals surface area contributed by atoms with Crippen LogP contribution in [0.2, 0.25) is 0 Å². The molecule has 0 bridgehead atoms. The molecule has 1 aliphatic rings. The van der Waals surface area contributed by atoms with Crippen LogP contribution in [0.1, 0.15) is 13.3 Å². The van der Waals surface area contributed by atoms with Crippen molar-refractivity contribution >= 4 is 17.5 Å². The molecular formula is C10H16ClNO2. The Bertz CT molecular complexity index is 230. The molecule has 14 heavy (non-hydrogen) atoms. The number of hydrogen-bond acceptors (Lipinski definition) is 2. The molecule has 1 saturated heterocycles. The van der Waals surface area contributed by atoms with Crippen molar-refractivity contribution < 1.29 is 9.53 Å². The summed E-state index contributed by atoms with van der Waals surface area (Å²) in [6.07, 6.45) is 1.06. The van der Waals surface area contributed by atoms with Gasteiger partial charge in [0.25, 0.3) is 0 Å². The lowest BCUT2D eigenvalue weighted by Crippen LogP contribution is -2.33. The molecule has 1 N–H and O–H groups in total. The fourth-order valence-electron chi connectivity index (χ4n) is 1.68. The third-order valence-electron chi connectivity index (χ3n) is 2.38. The van der Waals surface area contributed by atoms with Crippen molar-refractivity contribution in [3.05, 3.63) is 12.2 Å². The molecule has 1 fully saturated rings. The summed E-state index contributed by atoms with van der Waals surface area (Å²) < 4.78 is 5.51. The molecule has 1 amide bonds. The molecule has 1 rings (SSSR count). The van der Waals surface area contributed by atoms with E-state index in [2.05, 4.69) is 11.9 Å². The van der Waals surface area contributed by atoms with Crippen LogP contribution in [0.4, 0.5) is 0 Å². The van der Waals surface area contributed by atoms with Crippen molar-refractivity contribution in [2.45, 2.75) is 19.4 Å². The quantitative estimate of drug-likeness (QED) is 0.570. The SMILES string of the molecule is C=C(C)C1OCCC1CNC(=O)CCl. The molecule has 2 atom stereocenters. The third kappa shape index (κ3) is 3.00. The number of ether oxygens (including phenoxy) is 1. The van der Waals surface area contributed by atoms with Crippen LogP contribution in [-0.2, 0) is 9.53 Å². The van der Waals surface area contributed by atoms with Gasteiger partial charge in [-0.05, 0) is 13.3 Å². The minimum Gasteiger partial charge on any atom is -0.374 e. The maximum absolute atomic E-state index is 10.9. The van der Waals surface area contributed by atoms with E-state index >= 15 is 0 Å². The molecule has 0 aromatic heterocycles. The van der Waals surface area contributed by atoms with Crippen LogP contribution < -0.4 is 5.32 Å². The number of nitrogens with one attached hydrogen (secondary N) is 1. The summed E-state index contributed by atoms with van der Waals surface area (Å²) in [5, 5.41) is 2.77. The first-order valence-electron chi connectivity index (χ1n) is 4.74. The van der Waals surface area contributed by atoms with Crippen molar-refractivity contribution in [2.75, 3.05) is 19.0 Å². The fourth-order valence-corrected chi connectivity index (χ4v) is 1.77. The molecule has 1 heterocycles. The summed E-state index contributed by atoms with van der Waals surface area (Å²) in [4.78, 5) is 10.9. The Hall–Kier alpha value is -0.540. The van der Waals surface area contributed by atoms with Crippen LogP contribution in [0, 0.1) is 5.92 Å². The first kappa shape index (κ1) is 11.5. The van der Waals surface area contributed by atoms with Gasteiger partial charge >= 0.3 is 0 Å². The summed E-state index contributed by atoms with van der Waals surface area (Å²) in [6.45, 7) is 7.20. The first-order chi connectivity index (χ1) is 6.65. The van der Waals surface area contributed by atoms with Gasteiger partial charge in [0.2, 0.25) is 5.91 Å². The highest BCUT2D eigenvalue weighted by Gasteiger charge is 2.28. The molecule has 0 saturated carbocycles. The van der Waals surface area contributed by atoms with Gasteiger partial charge < -0.3 is 10.1 Å². The monoisotopic (exact) mass is 217 g/mol. The van der Waals surface area contributed by atoms with E-state index in [1.165, 1.54) is 0 Å². The van der Waals surface area contributed by atoms with Crippen molar-refractivity contribution in [3.63, 3.8) is 0 Å². The summed E-state index contributed by atoms with van der Waals surface area (Å²) >= 11 is 5.38. The molecule has 0 spiro atoms. The third-order valence-corrected chi connectivity index (χ3v) is 2.63. The van der Waals surface area contributed by atoms with Crippen LogP contribution in [0.15, 0.2) is 12.2 Å². The number of alkyl halides is 1. The summed E-state index contributed by atoms with van der Waals surface area (Å²) in [6, 6.07) is 0. The van der Waals surface area contributed by atoms with Crippen LogP contribution in [-0.4, -0.2) is 31.0 Å². The van der Waals surface area contributed by atoms with Gasteiger partial charge in [0, 0.05) is 19.1 Å². The average Bonchev–Trinajstić information content (AvgIpc) is 2.62. The predicted octanol–water partition coefficient (Wildman–Crippen LogP) is 1.32. The predicted molar refractivity (Wildman–Crippen MR) is 56.4 cm³/mol. The number of carbonyl (C=O) groups excluding carboxylic acids is 1. The molecule has 4 heteroatoms. The summed E-state index contributed by atoms with van der Waals surface area (Å²) in [5.74, 6) is 0.240. The van der Waals surface area contributed by atoms with Crippen molar-refractivity contribution in [3.8, 4) is 0 Å². The van der Waals surface area contributed by atoms with Crippen molar-refractivity contribution in [1.29, 1.82) is 0 Å². The highest BCUT2D eigenvalue weighted by Crippen LogP contribution is 2.24. The Balaban J connectivity index is 2.36. The number of hydrogen-bond donors (Lipinski definition) is 1. The second-order valence-corrected chi connectivity index (χ2v) is 3.89. The van der Waals surface area contributed by atoms with Crippen LogP contribution in [0.3, 0.4) is 0 Å². The van der Waals surface area contributed by atoms with Gasteiger partial charge in [0.05, 0.1) is 6.10 Å². The Kier molecular flexibility index (Phi) is 4.42. The normalized spacial score (nSPS) is 26.1. The number of amides is 1. The lowest BCUT2D eigenvalue weighted by molar-refractivity contribution is -0.118. The first-order valence-corrected chi connectivity index (χ1v) is 5.28. The van der Waals surface area contributed by atoms with E-state index in [0.29, 0.717) is 12.5 Å². The highest BCUT2D eigenvalue weighted by atomic mass is 35.5. The fraction of sp³-hybridized carbons (Fsp3) is 0.700. The van der Waals surface area contributed by atoms with Crippen molar-refractivity contribution in [2.24, 2.45) is 5.92 Å². The summed E-state index contributed by atoms with van der Waals surface area (Å²) in [7, 11) is 0. The van der Waals surface area contributed by atoms with Crippen LogP contribution in [0.5, 0.6) is 0 Å². The van der Waals surface area contributed by atoms with E-state index < -0.39 is 0 Å². The van der Waals surface area contributed by atoms with E-state index in [9.17, 15) is 4.79 Å². The van der Waals surface area contributed by atoms with E-state index in [0.717, 1.165) is 18.6 Å². The summed E-state index contributed by atoms with van der Waals surface area (Å²) in [5.41, 5.74) is 1.02. The topological polar surface area (TPSA) is 38.3 Å². The zero-order valence-corrected chi connectivity index (χ0v) is 9.14. The Morgan fingerprint density at radius 1 is 1.71 bits per heavy atom. The number of halogens is 1. The van der Waals surface area contributed by atoms with Crippen molar-refractivity contribution in [1.82, 2.24) is 5.32 Å². The largest absolute Gasteiger partial charge is 0.374 e. The molecule has 0 aromatic carbocycles. The Morgan fingerprint density at radius 3 is 3.00 bits per heavy atom. The van der Waals surface area contributed by atoms with E-state index in [1.807, 2.05) is 6.92 Å².